The first-order valence-corrected chi connectivity index (χ1v) is 16.3. The molecule has 2 amide bonds. The van der Waals surface area contributed by atoms with Gasteiger partial charge >= 0.3 is 0 Å². The molecule has 8 nitrogen and oxygen atoms in total. The van der Waals surface area contributed by atoms with Crippen molar-refractivity contribution in [3.63, 3.8) is 0 Å². The van der Waals surface area contributed by atoms with Crippen molar-refractivity contribution >= 4 is 21.8 Å². The number of amides is 2. The molecule has 3 aliphatic rings. The first-order chi connectivity index (χ1) is 19.8. The second-order valence-corrected chi connectivity index (χ2v) is 13.4. The zero-order valence-electron chi connectivity index (χ0n) is 23.5. The van der Waals surface area contributed by atoms with Crippen LogP contribution < -0.4 is 10.1 Å². The lowest BCUT2D eigenvalue weighted by atomic mass is 9.73. The Balaban J connectivity index is 1.16. The second-order valence-electron chi connectivity index (χ2n) is 11.5. The SMILES string of the molecule is O=C(C1CCN(S(=O)(=O)c2ccc(F)cc2)CC1)N1CCC2(CCCCc3ccccc3OCCCNC2=O)CC1. The number of carbonyl (C=O) groups is 2. The number of benzene rings is 2. The third-order valence-electron chi connectivity index (χ3n) is 8.96. The normalized spacial score (nSPS) is 21.5. The minimum absolute atomic E-state index is 0.0532. The van der Waals surface area contributed by atoms with Gasteiger partial charge in [0, 0.05) is 38.6 Å². The fourth-order valence-corrected chi connectivity index (χ4v) is 7.85. The van der Waals surface area contributed by atoms with Crippen LogP contribution in [0.25, 0.3) is 0 Å². The van der Waals surface area contributed by atoms with Crippen LogP contribution in [0.5, 0.6) is 5.75 Å². The number of fused-ring (bicyclic) bond motifs is 1. The highest BCUT2D eigenvalue weighted by Crippen LogP contribution is 2.38. The number of hydrogen-bond acceptors (Lipinski definition) is 5. The topological polar surface area (TPSA) is 96.0 Å². The lowest BCUT2D eigenvalue weighted by molar-refractivity contribution is -0.144. The molecule has 2 saturated heterocycles. The van der Waals surface area contributed by atoms with E-state index in [1.54, 1.807) is 0 Å². The van der Waals surface area contributed by atoms with E-state index >= 15 is 0 Å². The molecule has 1 spiro atoms. The molecule has 2 aromatic rings. The number of carbonyl (C=O) groups excluding carboxylic acids is 2. The number of rotatable bonds is 3. The van der Waals surface area contributed by atoms with E-state index in [4.69, 9.17) is 4.74 Å². The molecule has 0 saturated carbocycles. The zero-order chi connectivity index (χ0) is 28.9. The molecule has 0 unspecified atom stereocenters. The number of ether oxygens (including phenoxy) is 1. The van der Waals surface area contributed by atoms with E-state index in [0.717, 1.165) is 50.0 Å². The van der Waals surface area contributed by atoms with E-state index in [1.165, 1.54) is 22.0 Å². The highest BCUT2D eigenvalue weighted by atomic mass is 32.2. The molecule has 5 rings (SSSR count). The number of nitrogens with zero attached hydrogens (tertiary/aromatic N) is 2. The summed E-state index contributed by atoms with van der Waals surface area (Å²) in [4.78, 5) is 28.8. The van der Waals surface area contributed by atoms with E-state index < -0.39 is 21.3 Å². The highest BCUT2D eigenvalue weighted by Gasteiger charge is 2.43. The number of halogens is 1. The summed E-state index contributed by atoms with van der Waals surface area (Å²) in [5.41, 5.74) is 0.731. The fourth-order valence-electron chi connectivity index (χ4n) is 6.38. The molecule has 10 heteroatoms. The van der Waals surface area contributed by atoms with Gasteiger partial charge in [0.25, 0.3) is 0 Å². The Labute approximate surface area is 242 Å². The quantitative estimate of drug-likeness (QED) is 0.584. The maximum absolute atomic E-state index is 13.4. The Morgan fingerprint density at radius 1 is 0.927 bits per heavy atom. The van der Waals surface area contributed by atoms with Crippen molar-refractivity contribution in [1.82, 2.24) is 14.5 Å². The molecule has 0 aromatic heterocycles. The number of sulfonamides is 1. The average Bonchev–Trinajstić information content (AvgIpc) is 3.00. The van der Waals surface area contributed by atoms with Crippen LogP contribution in [0.1, 0.15) is 56.9 Å². The van der Waals surface area contributed by atoms with E-state index in [2.05, 4.69) is 11.4 Å². The van der Waals surface area contributed by atoms with Crippen LogP contribution in [0.4, 0.5) is 4.39 Å². The van der Waals surface area contributed by atoms with Crippen molar-refractivity contribution in [3.05, 3.63) is 59.9 Å². The van der Waals surface area contributed by atoms with Gasteiger partial charge in [-0.05, 0) is 87.3 Å². The van der Waals surface area contributed by atoms with Crippen LogP contribution in [-0.4, -0.2) is 68.8 Å². The Kier molecular flexibility index (Phi) is 9.28. The summed E-state index contributed by atoms with van der Waals surface area (Å²) in [6, 6.07) is 13.0. The monoisotopic (exact) mass is 585 g/mol. The van der Waals surface area contributed by atoms with Gasteiger partial charge in [0.15, 0.2) is 0 Å². The Morgan fingerprint density at radius 3 is 2.37 bits per heavy atom. The molecule has 2 fully saturated rings. The maximum Gasteiger partial charge on any atom is 0.243 e. The van der Waals surface area contributed by atoms with Crippen LogP contribution in [0, 0.1) is 17.2 Å². The Bertz CT molecular complexity index is 1320. The van der Waals surface area contributed by atoms with Gasteiger partial charge in [0.2, 0.25) is 21.8 Å². The van der Waals surface area contributed by atoms with Crippen LogP contribution in [0.3, 0.4) is 0 Å². The largest absolute Gasteiger partial charge is 0.493 e. The zero-order valence-corrected chi connectivity index (χ0v) is 24.3. The van der Waals surface area contributed by atoms with E-state index in [9.17, 15) is 22.4 Å². The highest BCUT2D eigenvalue weighted by molar-refractivity contribution is 7.89. The van der Waals surface area contributed by atoms with Crippen molar-refractivity contribution < 1.29 is 27.1 Å². The lowest BCUT2D eigenvalue weighted by Gasteiger charge is -2.42. The van der Waals surface area contributed by atoms with Gasteiger partial charge in [-0.1, -0.05) is 24.6 Å². The summed E-state index contributed by atoms with van der Waals surface area (Å²) in [5.74, 6) is 0.343. The molecule has 0 bridgehead atoms. The predicted molar refractivity (Wildman–Crippen MR) is 153 cm³/mol. The molecular weight excluding hydrogens is 545 g/mol. The Hall–Kier alpha value is -2.98. The van der Waals surface area contributed by atoms with Crippen molar-refractivity contribution in [2.75, 3.05) is 39.3 Å². The van der Waals surface area contributed by atoms with Gasteiger partial charge in [0.1, 0.15) is 11.6 Å². The molecule has 0 radical (unpaired) electrons. The first-order valence-electron chi connectivity index (χ1n) is 14.8. The summed E-state index contributed by atoms with van der Waals surface area (Å²) < 4.78 is 46.5. The molecule has 0 atom stereocenters. The van der Waals surface area contributed by atoms with Gasteiger partial charge in [-0.15, -0.1) is 0 Å². The number of aryl methyl sites for hydroxylation is 1. The van der Waals surface area contributed by atoms with Gasteiger partial charge in [-0.2, -0.15) is 4.31 Å². The predicted octanol–water partition coefficient (Wildman–Crippen LogP) is 4.15. The van der Waals surface area contributed by atoms with Crippen LogP contribution in [0.2, 0.25) is 0 Å². The number of para-hydroxylation sites is 1. The number of likely N-dealkylation sites (tertiary alicyclic amines) is 1. The minimum atomic E-state index is -3.72. The van der Waals surface area contributed by atoms with Crippen LogP contribution in [-0.2, 0) is 26.0 Å². The molecule has 222 valence electrons. The lowest BCUT2D eigenvalue weighted by Crippen LogP contribution is -2.52. The summed E-state index contributed by atoms with van der Waals surface area (Å²) >= 11 is 0. The van der Waals surface area contributed by atoms with Crippen molar-refractivity contribution in [2.24, 2.45) is 11.3 Å². The molecule has 3 aliphatic heterocycles. The van der Waals surface area contributed by atoms with Crippen LogP contribution in [0.15, 0.2) is 53.4 Å². The molecule has 1 N–H and O–H groups in total. The van der Waals surface area contributed by atoms with E-state index in [-0.39, 0.29) is 35.7 Å². The first kappa shape index (κ1) is 29.5. The molecule has 2 aromatic carbocycles. The minimum Gasteiger partial charge on any atom is -0.493 e. The third-order valence-corrected chi connectivity index (χ3v) is 10.9. The van der Waals surface area contributed by atoms with Crippen molar-refractivity contribution in [2.45, 2.75) is 62.7 Å². The molecule has 3 heterocycles. The maximum atomic E-state index is 13.4. The number of nitrogens with one attached hydrogen (secondary N) is 1. The van der Waals surface area contributed by atoms with Gasteiger partial charge in [0.05, 0.1) is 16.9 Å². The summed E-state index contributed by atoms with van der Waals surface area (Å²) in [7, 11) is -3.72. The smallest absolute Gasteiger partial charge is 0.243 e. The Morgan fingerprint density at radius 2 is 1.63 bits per heavy atom. The second kappa shape index (κ2) is 12.9. The van der Waals surface area contributed by atoms with Gasteiger partial charge in [-0.25, -0.2) is 12.8 Å². The number of piperidine rings is 2. The summed E-state index contributed by atoms with van der Waals surface area (Å²) in [6.45, 7) is 2.69. The standard InChI is InChI=1S/C31H40FN3O5S/c32-26-9-11-27(12-10-26)41(38,39)35-19-13-25(14-20-35)29(36)34-21-16-31(17-22-34)15-4-3-7-24-6-1-2-8-28(24)40-23-5-18-33-30(31)37/h1-2,6,8-12,25H,3-5,7,13-23H2,(H,33,37). The van der Waals surface area contributed by atoms with Crippen LogP contribution >= 0.6 is 0 Å². The van der Waals surface area contributed by atoms with Crippen molar-refractivity contribution in [3.8, 4) is 5.75 Å². The third kappa shape index (κ3) is 6.75. The number of hydrogen-bond donors (Lipinski definition) is 1. The van der Waals surface area contributed by atoms with Crippen molar-refractivity contribution in [1.29, 1.82) is 0 Å². The molecular formula is C31H40FN3O5S. The molecule has 0 aliphatic carbocycles. The van der Waals surface area contributed by atoms with E-state index in [0.29, 0.717) is 51.9 Å². The summed E-state index contributed by atoms with van der Waals surface area (Å²) in [5, 5.41) is 3.14. The fraction of sp³-hybridized carbons (Fsp3) is 0.548. The van der Waals surface area contributed by atoms with Gasteiger partial charge < -0.3 is 15.0 Å². The summed E-state index contributed by atoms with van der Waals surface area (Å²) in [6.07, 6.45) is 6.50. The average molecular weight is 586 g/mol. The van der Waals surface area contributed by atoms with E-state index in [1.807, 2.05) is 23.1 Å². The van der Waals surface area contributed by atoms with Gasteiger partial charge in [-0.3, -0.25) is 9.59 Å². The molecule has 41 heavy (non-hydrogen) atoms.